The van der Waals surface area contributed by atoms with Gasteiger partial charge >= 0.3 is 0 Å². The van der Waals surface area contributed by atoms with E-state index < -0.39 is 0 Å². The highest BCUT2D eigenvalue weighted by Gasteiger charge is 2.11. The zero-order chi connectivity index (χ0) is 13.8. The van der Waals surface area contributed by atoms with E-state index in [2.05, 4.69) is 20.3 Å². The molecule has 0 saturated heterocycles. The lowest BCUT2D eigenvalue weighted by atomic mass is 10.3. The molecule has 1 N–H and O–H groups in total. The molecule has 19 heavy (non-hydrogen) atoms. The molecule has 0 aliphatic rings. The molecular weight excluding hydrogens is 264 g/mol. The predicted molar refractivity (Wildman–Crippen MR) is 75.0 cm³/mol. The Morgan fingerprint density at radius 3 is 2.74 bits per heavy atom. The first kappa shape index (κ1) is 13.5. The first-order valence-corrected chi connectivity index (χ1v) is 6.35. The standard InChI is InChI=1S/C13H15ClN4O/c1-4-11-17-12(15-3)8(2)13(18-11)19-10-5-9(14)6-16-7-10/h5-7H,4H2,1-3H3,(H,15,17,18). The summed E-state index contributed by atoms with van der Waals surface area (Å²) in [5.74, 6) is 2.55. The lowest BCUT2D eigenvalue weighted by molar-refractivity contribution is 0.453. The number of hydrogen-bond donors (Lipinski definition) is 1. The van der Waals surface area contributed by atoms with Gasteiger partial charge in [0.1, 0.15) is 17.4 Å². The summed E-state index contributed by atoms with van der Waals surface area (Å²) in [6, 6.07) is 1.70. The molecule has 0 aliphatic carbocycles. The van der Waals surface area contributed by atoms with Crippen molar-refractivity contribution in [2.75, 3.05) is 12.4 Å². The number of hydrogen-bond acceptors (Lipinski definition) is 5. The van der Waals surface area contributed by atoms with Gasteiger partial charge in [0.05, 0.1) is 16.8 Å². The highest BCUT2D eigenvalue weighted by atomic mass is 35.5. The Bertz CT molecular complexity index is 589. The molecule has 0 saturated carbocycles. The van der Waals surface area contributed by atoms with E-state index in [1.54, 1.807) is 18.5 Å². The van der Waals surface area contributed by atoms with Gasteiger partial charge in [-0.25, -0.2) is 4.98 Å². The van der Waals surface area contributed by atoms with Crippen LogP contribution < -0.4 is 10.1 Å². The Labute approximate surface area is 117 Å². The minimum atomic E-state index is 0.514. The van der Waals surface area contributed by atoms with E-state index >= 15 is 0 Å². The number of halogens is 1. The van der Waals surface area contributed by atoms with Gasteiger partial charge in [-0.2, -0.15) is 4.98 Å². The van der Waals surface area contributed by atoms with Gasteiger partial charge in [-0.1, -0.05) is 18.5 Å². The largest absolute Gasteiger partial charge is 0.437 e. The molecule has 6 heteroatoms. The van der Waals surface area contributed by atoms with Crippen molar-refractivity contribution >= 4 is 17.4 Å². The van der Waals surface area contributed by atoms with Crippen molar-refractivity contribution in [2.24, 2.45) is 0 Å². The maximum atomic E-state index is 5.88. The van der Waals surface area contributed by atoms with E-state index in [-0.39, 0.29) is 0 Å². The van der Waals surface area contributed by atoms with Gasteiger partial charge < -0.3 is 10.1 Å². The Balaban J connectivity index is 2.38. The van der Waals surface area contributed by atoms with Gasteiger partial charge in [0.25, 0.3) is 0 Å². The third-order valence-corrected chi connectivity index (χ3v) is 2.80. The zero-order valence-corrected chi connectivity index (χ0v) is 11.8. The maximum Gasteiger partial charge on any atom is 0.227 e. The van der Waals surface area contributed by atoms with E-state index in [0.717, 1.165) is 23.6 Å². The number of anilines is 1. The molecule has 0 bridgehead atoms. The normalized spacial score (nSPS) is 10.3. The van der Waals surface area contributed by atoms with Crippen molar-refractivity contribution in [1.29, 1.82) is 0 Å². The highest BCUT2D eigenvalue weighted by Crippen LogP contribution is 2.27. The van der Waals surface area contributed by atoms with Crippen molar-refractivity contribution in [3.05, 3.63) is 34.9 Å². The molecule has 0 aliphatic heterocycles. The number of nitrogens with one attached hydrogen (secondary N) is 1. The predicted octanol–water partition coefficient (Wildman–Crippen LogP) is 3.23. The SMILES string of the molecule is CCc1nc(NC)c(C)c(Oc2cncc(Cl)c2)n1. The van der Waals surface area contributed by atoms with Crippen LogP contribution in [-0.4, -0.2) is 22.0 Å². The van der Waals surface area contributed by atoms with Crippen molar-refractivity contribution in [3.63, 3.8) is 0 Å². The maximum absolute atomic E-state index is 5.88. The Morgan fingerprint density at radius 1 is 1.32 bits per heavy atom. The van der Waals surface area contributed by atoms with Crippen molar-refractivity contribution in [2.45, 2.75) is 20.3 Å². The molecule has 0 fully saturated rings. The molecule has 0 amide bonds. The lowest BCUT2D eigenvalue weighted by Gasteiger charge is -2.12. The van der Waals surface area contributed by atoms with Crippen LogP contribution in [0.3, 0.4) is 0 Å². The van der Waals surface area contributed by atoms with Gasteiger partial charge in [0.2, 0.25) is 5.88 Å². The molecule has 0 radical (unpaired) electrons. The highest BCUT2D eigenvalue weighted by molar-refractivity contribution is 6.30. The van der Waals surface area contributed by atoms with Crippen LogP contribution in [0.1, 0.15) is 18.3 Å². The van der Waals surface area contributed by atoms with E-state index in [1.165, 1.54) is 0 Å². The summed E-state index contributed by atoms with van der Waals surface area (Å²) in [5.41, 5.74) is 0.847. The minimum Gasteiger partial charge on any atom is -0.437 e. The van der Waals surface area contributed by atoms with Crippen LogP contribution >= 0.6 is 11.6 Å². The number of pyridine rings is 1. The van der Waals surface area contributed by atoms with Crippen molar-refractivity contribution in [1.82, 2.24) is 15.0 Å². The second-order valence-electron chi connectivity index (χ2n) is 3.96. The average molecular weight is 279 g/mol. The van der Waals surface area contributed by atoms with Crippen molar-refractivity contribution < 1.29 is 4.74 Å². The quantitative estimate of drug-likeness (QED) is 0.930. The number of nitrogens with zero attached hydrogens (tertiary/aromatic N) is 3. The zero-order valence-electron chi connectivity index (χ0n) is 11.1. The average Bonchev–Trinajstić information content (AvgIpc) is 2.41. The molecule has 100 valence electrons. The van der Waals surface area contributed by atoms with E-state index in [0.29, 0.717) is 16.7 Å². The molecule has 0 atom stereocenters. The summed E-state index contributed by atoms with van der Waals surface area (Å²) in [6.45, 7) is 3.90. The molecule has 2 aromatic heterocycles. The molecular formula is C13H15ClN4O. The topological polar surface area (TPSA) is 59.9 Å². The second-order valence-corrected chi connectivity index (χ2v) is 4.40. The summed E-state index contributed by atoms with van der Waals surface area (Å²) in [7, 11) is 1.82. The van der Waals surface area contributed by atoms with Gasteiger partial charge in [0, 0.05) is 25.7 Å². The summed E-state index contributed by atoms with van der Waals surface area (Å²) in [4.78, 5) is 12.7. The second kappa shape index (κ2) is 5.84. The summed E-state index contributed by atoms with van der Waals surface area (Å²) in [5, 5.41) is 3.56. The Kier molecular flexibility index (Phi) is 4.16. The smallest absolute Gasteiger partial charge is 0.227 e. The number of ether oxygens (including phenoxy) is 1. The van der Waals surface area contributed by atoms with Crippen LogP contribution in [-0.2, 0) is 6.42 Å². The lowest BCUT2D eigenvalue weighted by Crippen LogP contribution is -2.04. The molecule has 2 rings (SSSR count). The monoisotopic (exact) mass is 278 g/mol. The van der Waals surface area contributed by atoms with Gasteiger partial charge in [-0.3, -0.25) is 4.98 Å². The van der Waals surface area contributed by atoms with Crippen molar-refractivity contribution in [3.8, 4) is 11.6 Å². The van der Waals surface area contributed by atoms with Gasteiger partial charge in [-0.05, 0) is 6.92 Å². The fourth-order valence-electron chi connectivity index (χ4n) is 1.60. The third-order valence-electron chi connectivity index (χ3n) is 2.59. The molecule has 5 nitrogen and oxygen atoms in total. The van der Waals surface area contributed by atoms with E-state index in [9.17, 15) is 0 Å². The summed E-state index contributed by atoms with van der Waals surface area (Å²) < 4.78 is 5.74. The fourth-order valence-corrected chi connectivity index (χ4v) is 1.76. The van der Waals surface area contributed by atoms with E-state index in [1.807, 2.05) is 20.9 Å². The van der Waals surface area contributed by atoms with Crippen LogP contribution in [0.4, 0.5) is 5.82 Å². The van der Waals surface area contributed by atoms with Gasteiger partial charge in [-0.15, -0.1) is 0 Å². The van der Waals surface area contributed by atoms with Crippen LogP contribution in [0.5, 0.6) is 11.6 Å². The Morgan fingerprint density at radius 2 is 2.11 bits per heavy atom. The van der Waals surface area contributed by atoms with Crippen LogP contribution in [0.25, 0.3) is 0 Å². The number of rotatable bonds is 4. The molecule has 0 spiro atoms. The molecule has 0 aromatic carbocycles. The third kappa shape index (κ3) is 3.12. The summed E-state index contributed by atoms with van der Waals surface area (Å²) in [6.07, 6.45) is 3.88. The minimum absolute atomic E-state index is 0.514. The van der Waals surface area contributed by atoms with E-state index in [4.69, 9.17) is 16.3 Å². The molecule has 2 heterocycles. The van der Waals surface area contributed by atoms with Crippen LogP contribution in [0.2, 0.25) is 5.02 Å². The number of aryl methyl sites for hydroxylation is 1. The Hall–Kier alpha value is -1.88. The van der Waals surface area contributed by atoms with Gasteiger partial charge in [0.15, 0.2) is 0 Å². The molecule has 0 unspecified atom stereocenters. The fraction of sp³-hybridized carbons (Fsp3) is 0.308. The van der Waals surface area contributed by atoms with Crippen LogP contribution in [0, 0.1) is 6.92 Å². The number of aromatic nitrogens is 3. The first-order chi connectivity index (χ1) is 9.13. The van der Waals surface area contributed by atoms with Crippen LogP contribution in [0.15, 0.2) is 18.5 Å². The summed E-state index contributed by atoms with van der Waals surface area (Å²) >= 11 is 5.88. The first-order valence-electron chi connectivity index (χ1n) is 5.97. The molecule has 2 aromatic rings.